The molecule has 0 fully saturated rings. The zero-order valence-corrected chi connectivity index (χ0v) is 10.3. The van der Waals surface area contributed by atoms with Crippen LogP contribution in [0.2, 0.25) is 0 Å². The number of aromatic amines is 1. The van der Waals surface area contributed by atoms with E-state index in [9.17, 15) is 22.8 Å². The van der Waals surface area contributed by atoms with Crippen LogP contribution in [0.5, 0.6) is 5.88 Å². The number of H-pyrrole nitrogens is 1. The Morgan fingerprint density at radius 1 is 1.42 bits per heavy atom. The highest BCUT2D eigenvalue weighted by atomic mass is 19.4. The van der Waals surface area contributed by atoms with Crippen molar-refractivity contribution in [1.29, 1.82) is 0 Å². The third-order valence-corrected chi connectivity index (χ3v) is 2.22. The summed E-state index contributed by atoms with van der Waals surface area (Å²) in [5.41, 5.74) is -0.629. The minimum absolute atomic E-state index is 0.0324. The summed E-state index contributed by atoms with van der Waals surface area (Å²) in [5.74, 6) is -1.35. The second-order valence-electron chi connectivity index (χ2n) is 3.64. The van der Waals surface area contributed by atoms with Gasteiger partial charge >= 0.3 is 12.3 Å². The fourth-order valence-electron chi connectivity index (χ4n) is 1.42. The van der Waals surface area contributed by atoms with Crippen molar-refractivity contribution >= 4 is 5.97 Å². The molecule has 1 rings (SSSR count). The van der Waals surface area contributed by atoms with Gasteiger partial charge in [0.15, 0.2) is 0 Å². The predicted molar refractivity (Wildman–Crippen MR) is 58.8 cm³/mol. The Morgan fingerprint density at radius 2 is 2.05 bits per heavy atom. The molecule has 1 heterocycles. The SMILES string of the molecule is CCOC(=O)Cc1cc(=O)[nH]c(OC(F)(F)F)c1C. The topological polar surface area (TPSA) is 68.4 Å². The first-order valence-electron chi connectivity index (χ1n) is 5.37. The highest BCUT2D eigenvalue weighted by Crippen LogP contribution is 2.24. The Balaban J connectivity index is 3.06. The van der Waals surface area contributed by atoms with Crippen molar-refractivity contribution in [3.8, 4) is 5.88 Å². The lowest BCUT2D eigenvalue weighted by Crippen LogP contribution is -2.22. The molecule has 8 heteroatoms. The Morgan fingerprint density at radius 3 is 2.58 bits per heavy atom. The molecule has 0 saturated heterocycles. The lowest BCUT2D eigenvalue weighted by atomic mass is 10.1. The standard InChI is InChI=1S/C11H12F3NO4/c1-3-18-9(17)5-7-4-8(16)15-10(6(7)2)19-11(12,13)14/h4H,3,5H2,1-2H3,(H,15,16). The minimum Gasteiger partial charge on any atom is -0.466 e. The molecular weight excluding hydrogens is 267 g/mol. The van der Waals surface area contributed by atoms with Gasteiger partial charge in [-0.2, -0.15) is 0 Å². The number of pyridine rings is 1. The van der Waals surface area contributed by atoms with E-state index in [4.69, 9.17) is 0 Å². The molecule has 1 aromatic heterocycles. The number of carbonyl (C=O) groups is 1. The van der Waals surface area contributed by atoms with Crippen LogP contribution < -0.4 is 10.3 Å². The summed E-state index contributed by atoms with van der Waals surface area (Å²) in [6.07, 6.45) is -5.21. The van der Waals surface area contributed by atoms with E-state index in [1.54, 1.807) is 6.92 Å². The highest BCUT2D eigenvalue weighted by Gasteiger charge is 2.32. The third kappa shape index (κ3) is 4.65. The molecule has 0 atom stereocenters. The normalized spacial score (nSPS) is 11.2. The predicted octanol–water partition coefficient (Wildman–Crippen LogP) is 1.69. The van der Waals surface area contributed by atoms with Gasteiger partial charge in [0.1, 0.15) is 0 Å². The van der Waals surface area contributed by atoms with Gasteiger partial charge in [0.25, 0.3) is 5.56 Å². The summed E-state index contributed by atoms with van der Waals surface area (Å²) in [6, 6.07) is 1.04. The molecule has 0 amide bonds. The van der Waals surface area contributed by atoms with E-state index in [2.05, 4.69) is 9.47 Å². The largest absolute Gasteiger partial charge is 0.574 e. The molecular formula is C11H12F3NO4. The van der Waals surface area contributed by atoms with E-state index >= 15 is 0 Å². The molecule has 0 radical (unpaired) electrons. The lowest BCUT2D eigenvalue weighted by molar-refractivity contribution is -0.276. The zero-order chi connectivity index (χ0) is 14.6. The van der Waals surface area contributed by atoms with Gasteiger partial charge in [-0.05, 0) is 19.4 Å². The Labute approximate surface area is 106 Å². The van der Waals surface area contributed by atoms with Crippen molar-refractivity contribution in [2.24, 2.45) is 0 Å². The van der Waals surface area contributed by atoms with Crippen LogP contribution in [-0.2, 0) is 16.0 Å². The number of esters is 1. The van der Waals surface area contributed by atoms with Crippen LogP contribution in [0.15, 0.2) is 10.9 Å². The molecule has 0 unspecified atom stereocenters. The average Bonchev–Trinajstić information content (AvgIpc) is 2.23. The quantitative estimate of drug-likeness (QED) is 0.851. The number of hydrogen-bond acceptors (Lipinski definition) is 4. The van der Waals surface area contributed by atoms with Crippen LogP contribution in [0.4, 0.5) is 13.2 Å². The van der Waals surface area contributed by atoms with E-state index in [-0.39, 0.29) is 24.2 Å². The molecule has 0 saturated carbocycles. The van der Waals surface area contributed by atoms with Crippen molar-refractivity contribution in [3.05, 3.63) is 27.5 Å². The maximum absolute atomic E-state index is 12.1. The van der Waals surface area contributed by atoms with Gasteiger partial charge in [-0.25, -0.2) is 0 Å². The van der Waals surface area contributed by atoms with Gasteiger partial charge < -0.3 is 9.47 Å². The van der Waals surface area contributed by atoms with E-state index in [1.807, 2.05) is 4.98 Å². The summed E-state index contributed by atoms with van der Waals surface area (Å²) in [5, 5.41) is 0. The number of aromatic nitrogens is 1. The van der Waals surface area contributed by atoms with Gasteiger partial charge in [0, 0.05) is 11.6 Å². The van der Waals surface area contributed by atoms with Crippen molar-refractivity contribution in [1.82, 2.24) is 4.98 Å². The Hall–Kier alpha value is -1.99. The molecule has 0 spiro atoms. The van der Waals surface area contributed by atoms with E-state index in [0.717, 1.165) is 6.07 Å². The smallest absolute Gasteiger partial charge is 0.466 e. The van der Waals surface area contributed by atoms with Crippen molar-refractivity contribution in [2.45, 2.75) is 26.6 Å². The number of hydrogen-bond donors (Lipinski definition) is 1. The van der Waals surface area contributed by atoms with E-state index < -0.39 is 23.8 Å². The molecule has 106 valence electrons. The van der Waals surface area contributed by atoms with Crippen LogP contribution in [0, 0.1) is 6.92 Å². The van der Waals surface area contributed by atoms with Crippen LogP contribution >= 0.6 is 0 Å². The molecule has 0 bridgehead atoms. The zero-order valence-electron chi connectivity index (χ0n) is 10.3. The molecule has 5 nitrogen and oxygen atoms in total. The van der Waals surface area contributed by atoms with Gasteiger partial charge in [-0.15, -0.1) is 13.2 Å². The Bertz CT molecular complexity index is 522. The number of carbonyl (C=O) groups excluding carboxylic acids is 1. The average molecular weight is 279 g/mol. The first kappa shape index (κ1) is 15.1. The van der Waals surface area contributed by atoms with Crippen LogP contribution in [0.25, 0.3) is 0 Å². The van der Waals surface area contributed by atoms with Crippen molar-refractivity contribution < 1.29 is 27.4 Å². The number of rotatable bonds is 4. The van der Waals surface area contributed by atoms with Crippen LogP contribution in [0.1, 0.15) is 18.1 Å². The molecule has 19 heavy (non-hydrogen) atoms. The molecule has 0 aliphatic rings. The monoisotopic (exact) mass is 279 g/mol. The Kier molecular flexibility index (Phi) is 4.57. The fraction of sp³-hybridized carbons (Fsp3) is 0.455. The van der Waals surface area contributed by atoms with Gasteiger partial charge in [0.2, 0.25) is 5.88 Å². The first-order chi connectivity index (χ1) is 8.73. The summed E-state index contributed by atoms with van der Waals surface area (Å²) in [4.78, 5) is 24.4. The molecule has 0 aliphatic carbocycles. The maximum Gasteiger partial charge on any atom is 0.574 e. The summed E-state index contributed by atoms with van der Waals surface area (Å²) in [7, 11) is 0. The number of halogens is 3. The minimum atomic E-state index is -4.92. The van der Waals surface area contributed by atoms with Crippen molar-refractivity contribution in [2.75, 3.05) is 6.61 Å². The van der Waals surface area contributed by atoms with Gasteiger partial charge in [-0.3, -0.25) is 14.6 Å². The second kappa shape index (κ2) is 5.77. The fourth-order valence-corrected chi connectivity index (χ4v) is 1.42. The third-order valence-electron chi connectivity index (χ3n) is 2.22. The molecule has 0 aliphatic heterocycles. The van der Waals surface area contributed by atoms with Crippen LogP contribution in [0.3, 0.4) is 0 Å². The molecule has 1 N–H and O–H groups in total. The van der Waals surface area contributed by atoms with E-state index in [0.29, 0.717) is 0 Å². The number of alkyl halides is 3. The van der Waals surface area contributed by atoms with Gasteiger partial charge in [-0.1, -0.05) is 0 Å². The number of nitrogens with one attached hydrogen (secondary N) is 1. The molecule has 1 aromatic rings. The maximum atomic E-state index is 12.1. The second-order valence-corrected chi connectivity index (χ2v) is 3.64. The summed E-state index contributed by atoms with van der Waals surface area (Å²) >= 11 is 0. The summed E-state index contributed by atoms with van der Waals surface area (Å²) < 4.78 is 44.8. The lowest BCUT2D eigenvalue weighted by Gasteiger charge is -2.13. The van der Waals surface area contributed by atoms with Crippen molar-refractivity contribution in [3.63, 3.8) is 0 Å². The highest BCUT2D eigenvalue weighted by molar-refractivity contribution is 5.73. The number of ether oxygens (including phenoxy) is 2. The van der Waals surface area contributed by atoms with Crippen LogP contribution in [-0.4, -0.2) is 23.9 Å². The molecule has 0 aromatic carbocycles. The first-order valence-corrected chi connectivity index (χ1v) is 5.37. The van der Waals surface area contributed by atoms with E-state index in [1.165, 1.54) is 6.92 Å². The van der Waals surface area contributed by atoms with Gasteiger partial charge in [0.05, 0.1) is 13.0 Å². The summed E-state index contributed by atoms with van der Waals surface area (Å²) in [6.45, 7) is 3.05.